The summed E-state index contributed by atoms with van der Waals surface area (Å²) >= 11 is 0. The number of nitrogens with one attached hydrogen (secondary N) is 4. The Morgan fingerprint density at radius 1 is 1.00 bits per heavy atom. The highest BCUT2D eigenvalue weighted by Crippen LogP contribution is 2.04. The number of nitrogens with zero attached hydrogens (tertiary/aromatic N) is 1. The lowest BCUT2D eigenvalue weighted by Gasteiger charge is -2.23. The van der Waals surface area contributed by atoms with E-state index in [2.05, 4.69) is 25.9 Å². The van der Waals surface area contributed by atoms with Gasteiger partial charge in [0.2, 0.25) is 17.7 Å². The molecule has 14 heteroatoms. The molecule has 0 aromatic carbocycles. The second kappa shape index (κ2) is 13.1. The number of carbonyl (C=O) groups excluding carboxylic acids is 3. The molecule has 1 aromatic heterocycles. The number of aliphatic hydroxyl groups is 1. The van der Waals surface area contributed by atoms with Gasteiger partial charge in [-0.15, -0.1) is 0 Å². The summed E-state index contributed by atoms with van der Waals surface area (Å²) in [5.41, 5.74) is 6.15. The fraction of sp³-hybridized carbons (Fsp3) is 0.579. The molecule has 4 unspecified atom stereocenters. The molecule has 1 aromatic rings. The molecular weight excluding hydrogens is 440 g/mol. The molecule has 1 heterocycles. The van der Waals surface area contributed by atoms with E-state index in [0.29, 0.717) is 12.1 Å². The van der Waals surface area contributed by atoms with Crippen LogP contribution in [0, 0.1) is 5.92 Å². The molecule has 0 aliphatic carbocycles. The fourth-order valence-electron chi connectivity index (χ4n) is 2.83. The average Bonchev–Trinajstić information content (AvgIpc) is 3.22. The number of hydrogen-bond acceptors (Lipinski definition) is 8. The SMILES string of the molecule is CC(C)CC(N)C(=O)NC(CO)C(=O)NC(CC(=O)O)C(=O)NC(Cc1cnc[nH]1)C(=O)O. The van der Waals surface area contributed by atoms with Crippen LogP contribution in [0.3, 0.4) is 0 Å². The highest BCUT2D eigenvalue weighted by atomic mass is 16.4. The van der Waals surface area contributed by atoms with Crippen LogP contribution in [0.5, 0.6) is 0 Å². The van der Waals surface area contributed by atoms with Gasteiger partial charge in [0.15, 0.2) is 0 Å². The lowest BCUT2D eigenvalue weighted by molar-refractivity contribution is -0.143. The Morgan fingerprint density at radius 2 is 1.58 bits per heavy atom. The third-order valence-corrected chi connectivity index (χ3v) is 4.48. The maximum Gasteiger partial charge on any atom is 0.326 e. The molecule has 33 heavy (non-hydrogen) atoms. The summed E-state index contributed by atoms with van der Waals surface area (Å²) < 4.78 is 0. The van der Waals surface area contributed by atoms with Gasteiger partial charge in [0, 0.05) is 18.3 Å². The normalized spacial score (nSPS) is 14.6. The van der Waals surface area contributed by atoms with Gasteiger partial charge in [-0.3, -0.25) is 19.2 Å². The monoisotopic (exact) mass is 470 g/mol. The van der Waals surface area contributed by atoms with E-state index in [1.807, 2.05) is 13.8 Å². The van der Waals surface area contributed by atoms with E-state index in [4.69, 9.17) is 10.8 Å². The molecule has 9 N–H and O–H groups in total. The summed E-state index contributed by atoms with van der Waals surface area (Å²) in [7, 11) is 0. The van der Waals surface area contributed by atoms with E-state index in [9.17, 15) is 34.2 Å². The third kappa shape index (κ3) is 9.65. The number of H-pyrrole nitrogens is 1. The molecular formula is C19H30N6O8. The predicted octanol–water partition coefficient (Wildman–Crippen LogP) is -2.67. The minimum Gasteiger partial charge on any atom is -0.481 e. The highest BCUT2D eigenvalue weighted by molar-refractivity contribution is 5.95. The Bertz CT molecular complexity index is 828. The number of nitrogens with two attached hydrogens (primary N) is 1. The topological polar surface area (TPSA) is 237 Å². The van der Waals surface area contributed by atoms with Crippen molar-refractivity contribution in [3.8, 4) is 0 Å². The van der Waals surface area contributed by atoms with Crippen LogP contribution in [0.4, 0.5) is 0 Å². The van der Waals surface area contributed by atoms with Crippen molar-refractivity contribution in [2.45, 2.75) is 57.3 Å². The van der Waals surface area contributed by atoms with Crippen molar-refractivity contribution in [1.29, 1.82) is 0 Å². The van der Waals surface area contributed by atoms with Crippen LogP contribution in [-0.4, -0.2) is 85.7 Å². The maximum absolute atomic E-state index is 12.6. The standard InChI is InChI=1S/C19H30N6O8/c1-9(2)3-11(20)16(29)25-14(7-26)18(31)23-12(5-15(27)28)17(30)24-13(19(32)33)4-10-6-21-8-22-10/h6,8-9,11-14,26H,3-5,7,20H2,1-2H3,(H,21,22)(H,23,31)(H,24,30)(H,25,29)(H,27,28)(H,32,33). The summed E-state index contributed by atoms with van der Waals surface area (Å²) in [5, 5.41) is 34.5. The van der Waals surface area contributed by atoms with Gasteiger partial charge < -0.3 is 42.0 Å². The molecule has 0 saturated heterocycles. The number of aromatic amines is 1. The first-order chi connectivity index (χ1) is 15.4. The molecule has 0 aliphatic rings. The second-order valence-corrected chi connectivity index (χ2v) is 7.82. The molecule has 0 radical (unpaired) electrons. The number of aromatic nitrogens is 2. The summed E-state index contributed by atoms with van der Waals surface area (Å²) in [4.78, 5) is 66.3. The van der Waals surface area contributed by atoms with Gasteiger partial charge in [-0.05, 0) is 12.3 Å². The van der Waals surface area contributed by atoms with Crippen molar-refractivity contribution < 1.29 is 39.3 Å². The summed E-state index contributed by atoms with van der Waals surface area (Å²) in [6, 6.07) is -5.55. The number of carboxylic acids is 2. The van der Waals surface area contributed by atoms with E-state index >= 15 is 0 Å². The van der Waals surface area contributed by atoms with Crippen molar-refractivity contribution in [3.63, 3.8) is 0 Å². The first kappa shape index (κ1) is 27.5. The van der Waals surface area contributed by atoms with Crippen molar-refractivity contribution in [3.05, 3.63) is 18.2 Å². The van der Waals surface area contributed by atoms with Crippen LogP contribution in [0.15, 0.2) is 12.5 Å². The minimum atomic E-state index is -1.67. The van der Waals surface area contributed by atoms with Gasteiger partial charge >= 0.3 is 11.9 Å². The Balaban J connectivity index is 2.87. The third-order valence-electron chi connectivity index (χ3n) is 4.48. The van der Waals surface area contributed by atoms with Gasteiger partial charge in [-0.2, -0.15) is 0 Å². The van der Waals surface area contributed by atoms with Crippen LogP contribution in [0.1, 0.15) is 32.4 Å². The maximum atomic E-state index is 12.6. The number of hydrogen-bond donors (Lipinski definition) is 8. The van der Waals surface area contributed by atoms with Crippen molar-refractivity contribution >= 4 is 29.7 Å². The molecule has 0 fully saturated rings. The van der Waals surface area contributed by atoms with E-state index in [1.165, 1.54) is 12.5 Å². The molecule has 14 nitrogen and oxygen atoms in total. The molecule has 0 spiro atoms. The fourth-order valence-corrected chi connectivity index (χ4v) is 2.83. The number of amides is 3. The van der Waals surface area contributed by atoms with Gasteiger partial charge in [-0.25, -0.2) is 9.78 Å². The zero-order valence-electron chi connectivity index (χ0n) is 18.3. The molecule has 0 saturated carbocycles. The Kier molecular flexibility index (Phi) is 10.9. The molecule has 4 atom stereocenters. The largest absolute Gasteiger partial charge is 0.481 e. The molecule has 3 amide bonds. The Hall–Kier alpha value is -3.52. The zero-order valence-corrected chi connectivity index (χ0v) is 18.3. The van der Waals surface area contributed by atoms with Gasteiger partial charge in [0.05, 0.1) is 25.4 Å². The van der Waals surface area contributed by atoms with Crippen molar-refractivity contribution in [1.82, 2.24) is 25.9 Å². The first-order valence-electron chi connectivity index (χ1n) is 10.1. The van der Waals surface area contributed by atoms with Crippen LogP contribution < -0.4 is 21.7 Å². The van der Waals surface area contributed by atoms with Crippen molar-refractivity contribution in [2.75, 3.05) is 6.61 Å². The van der Waals surface area contributed by atoms with E-state index in [1.54, 1.807) is 0 Å². The second-order valence-electron chi connectivity index (χ2n) is 7.82. The minimum absolute atomic E-state index is 0.0970. The number of aliphatic carboxylic acids is 2. The highest BCUT2D eigenvalue weighted by Gasteiger charge is 2.31. The Morgan fingerprint density at radius 3 is 2.06 bits per heavy atom. The summed E-state index contributed by atoms with van der Waals surface area (Å²) in [5.74, 6) is -5.55. The van der Waals surface area contributed by atoms with E-state index in [0.717, 1.165) is 0 Å². The molecule has 0 bridgehead atoms. The summed E-state index contributed by atoms with van der Waals surface area (Å²) in [6.45, 7) is 2.84. The van der Waals surface area contributed by atoms with Crippen LogP contribution in [0.25, 0.3) is 0 Å². The lowest BCUT2D eigenvalue weighted by Crippen LogP contribution is -2.58. The van der Waals surface area contributed by atoms with Crippen molar-refractivity contribution in [2.24, 2.45) is 11.7 Å². The first-order valence-corrected chi connectivity index (χ1v) is 10.1. The summed E-state index contributed by atoms with van der Waals surface area (Å²) in [6.07, 6.45) is 1.96. The van der Waals surface area contributed by atoms with Crippen LogP contribution >= 0.6 is 0 Å². The lowest BCUT2D eigenvalue weighted by atomic mass is 10.0. The van der Waals surface area contributed by atoms with Crippen LogP contribution in [0.2, 0.25) is 0 Å². The number of imidazole rings is 1. The number of aliphatic hydroxyl groups excluding tert-OH is 1. The molecule has 1 rings (SSSR count). The Labute approximate surface area is 189 Å². The van der Waals surface area contributed by atoms with Crippen LogP contribution in [-0.2, 0) is 30.4 Å². The quantitative estimate of drug-likeness (QED) is 0.140. The van der Waals surface area contributed by atoms with E-state index < -0.39 is 66.9 Å². The molecule has 0 aliphatic heterocycles. The number of carbonyl (C=O) groups is 5. The number of carboxylic acid groups (broad SMARTS) is 2. The van der Waals surface area contributed by atoms with Gasteiger partial charge in [0.1, 0.15) is 18.1 Å². The van der Waals surface area contributed by atoms with Gasteiger partial charge in [0.25, 0.3) is 0 Å². The molecule has 184 valence electrons. The number of rotatable bonds is 14. The zero-order chi connectivity index (χ0) is 25.1. The smallest absolute Gasteiger partial charge is 0.326 e. The predicted molar refractivity (Wildman–Crippen MR) is 112 cm³/mol. The van der Waals surface area contributed by atoms with E-state index in [-0.39, 0.29) is 12.3 Å². The van der Waals surface area contributed by atoms with Gasteiger partial charge in [-0.1, -0.05) is 13.8 Å². The average molecular weight is 470 g/mol.